The van der Waals surface area contributed by atoms with Crippen molar-refractivity contribution in [1.29, 1.82) is 0 Å². The number of carbonyl (C=O) groups is 1. The molecule has 100 valence electrons. The normalized spacial score (nSPS) is 12.3. The molecule has 2 aromatic rings. The molecule has 1 atom stereocenters. The Kier molecular flexibility index (Phi) is 5.07. The van der Waals surface area contributed by atoms with Crippen LogP contribution in [0.5, 0.6) is 0 Å². The summed E-state index contributed by atoms with van der Waals surface area (Å²) in [6.45, 7) is 0.545. The van der Waals surface area contributed by atoms with Crippen LogP contribution in [-0.4, -0.2) is 16.1 Å². The number of aliphatic carboxylic acids is 1. The van der Waals surface area contributed by atoms with Crippen molar-refractivity contribution in [1.82, 2.24) is 10.3 Å². The second kappa shape index (κ2) is 6.79. The van der Waals surface area contributed by atoms with E-state index in [-0.39, 0.29) is 12.5 Å². The van der Waals surface area contributed by atoms with Crippen LogP contribution in [0.15, 0.2) is 40.3 Å². The maximum absolute atomic E-state index is 10.9. The van der Waals surface area contributed by atoms with Gasteiger partial charge in [-0.05, 0) is 39.5 Å². The Labute approximate surface area is 123 Å². The van der Waals surface area contributed by atoms with E-state index in [9.17, 15) is 4.79 Å². The van der Waals surface area contributed by atoms with Gasteiger partial charge in [-0.25, -0.2) is 0 Å². The average molecular weight is 341 g/mol. The number of hydrogen-bond donors (Lipinski definition) is 2. The van der Waals surface area contributed by atoms with Crippen LogP contribution in [0.4, 0.5) is 0 Å². The molecule has 19 heavy (non-hydrogen) atoms. The second-order valence-corrected chi connectivity index (χ2v) is 5.91. The minimum atomic E-state index is -0.810. The summed E-state index contributed by atoms with van der Waals surface area (Å²) in [4.78, 5) is 16.2. The van der Waals surface area contributed by atoms with Crippen LogP contribution in [-0.2, 0) is 11.3 Å². The summed E-state index contributed by atoms with van der Waals surface area (Å²) < 4.78 is 0.927. The number of nitrogens with one attached hydrogen (secondary N) is 1. The fourth-order valence-corrected chi connectivity index (χ4v) is 2.71. The van der Waals surface area contributed by atoms with Crippen molar-refractivity contribution in [2.75, 3.05) is 0 Å². The molecule has 0 spiro atoms. The zero-order valence-electron chi connectivity index (χ0n) is 10.0. The van der Waals surface area contributed by atoms with Gasteiger partial charge in [-0.3, -0.25) is 9.78 Å². The molecule has 4 nitrogen and oxygen atoms in total. The van der Waals surface area contributed by atoms with E-state index in [2.05, 4.69) is 26.2 Å². The summed E-state index contributed by atoms with van der Waals surface area (Å²) in [7, 11) is 0. The maximum atomic E-state index is 10.9. The number of hydrogen-bond acceptors (Lipinski definition) is 4. The third-order valence-corrected chi connectivity index (χ3v) is 4.04. The van der Waals surface area contributed by atoms with Crippen LogP contribution in [0.1, 0.15) is 23.0 Å². The lowest BCUT2D eigenvalue weighted by Crippen LogP contribution is -2.23. The molecule has 2 heterocycles. The van der Waals surface area contributed by atoms with E-state index in [1.165, 1.54) is 0 Å². The van der Waals surface area contributed by atoms with E-state index in [0.29, 0.717) is 6.54 Å². The van der Waals surface area contributed by atoms with Gasteiger partial charge in [-0.15, -0.1) is 11.3 Å². The van der Waals surface area contributed by atoms with E-state index in [1.807, 2.05) is 29.6 Å². The summed E-state index contributed by atoms with van der Waals surface area (Å²) in [6.07, 6.45) is 1.80. The molecule has 0 bridgehead atoms. The zero-order valence-corrected chi connectivity index (χ0v) is 12.4. The summed E-state index contributed by atoms with van der Waals surface area (Å²) in [5.41, 5.74) is 0.884. The number of nitrogens with zero attached hydrogens (tertiary/aromatic N) is 1. The van der Waals surface area contributed by atoms with Crippen molar-refractivity contribution in [3.63, 3.8) is 0 Å². The van der Waals surface area contributed by atoms with Gasteiger partial charge in [0.1, 0.15) is 0 Å². The number of carboxylic acids is 1. The second-order valence-electron chi connectivity index (χ2n) is 4.01. The zero-order chi connectivity index (χ0) is 13.7. The Morgan fingerprint density at radius 2 is 2.32 bits per heavy atom. The van der Waals surface area contributed by atoms with E-state index in [4.69, 9.17) is 5.11 Å². The van der Waals surface area contributed by atoms with Crippen molar-refractivity contribution >= 4 is 33.2 Å². The van der Waals surface area contributed by atoms with Crippen molar-refractivity contribution in [3.8, 4) is 0 Å². The Morgan fingerprint density at radius 1 is 1.47 bits per heavy atom. The van der Waals surface area contributed by atoms with Crippen LogP contribution in [0.3, 0.4) is 0 Å². The molecule has 0 radical (unpaired) electrons. The highest BCUT2D eigenvalue weighted by Crippen LogP contribution is 2.22. The number of thiophene rings is 1. The van der Waals surface area contributed by atoms with Crippen LogP contribution in [0.2, 0.25) is 0 Å². The molecule has 0 saturated carbocycles. The number of pyridine rings is 1. The maximum Gasteiger partial charge on any atom is 0.305 e. The van der Waals surface area contributed by atoms with Gasteiger partial charge >= 0.3 is 5.97 Å². The lowest BCUT2D eigenvalue weighted by Gasteiger charge is -2.15. The highest BCUT2D eigenvalue weighted by atomic mass is 79.9. The van der Waals surface area contributed by atoms with E-state index < -0.39 is 5.97 Å². The van der Waals surface area contributed by atoms with Gasteiger partial charge in [0.05, 0.1) is 18.2 Å². The summed E-state index contributed by atoms with van der Waals surface area (Å²) in [6, 6.07) is 7.52. The molecule has 0 aliphatic carbocycles. The topological polar surface area (TPSA) is 62.2 Å². The Hall–Kier alpha value is -1.24. The summed E-state index contributed by atoms with van der Waals surface area (Å²) >= 11 is 4.89. The monoisotopic (exact) mass is 340 g/mol. The molecular formula is C13H13BrN2O2S. The van der Waals surface area contributed by atoms with Gasteiger partial charge in [-0.2, -0.15) is 0 Å². The SMILES string of the molecule is O=C(O)CC(NCc1ccc(Br)cn1)c1cccs1. The highest BCUT2D eigenvalue weighted by molar-refractivity contribution is 9.10. The van der Waals surface area contributed by atoms with E-state index in [1.54, 1.807) is 17.5 Å². The molecule has 0 aromatic carbocycles. The van der Waals surface area contributed by atoms with Gasteiger partial charge in [0.15, 0.2) is 0 Å². The predicted octanol–water partition coefficient (Wildman–Crippen LogP) is 3.21. The van der Waals surface area contributed by atoms with Gasteiger partial charge in [0, 0.05) is 22.1 Å². The number of aromatic nitrogens is 1. The first-order valence-corrected chi connectivity index (χ1v) is 7.41. The lowest BCUT2D eigenvalue weighted by atomic mass is 10.1. The van der Waals surface area contributed by atoms with Gasteiger partial charge in [0.2, 0.25) is 0 Å². The molecule has 6 heteroatoms. The minimum Gasteiger partial charge on any atom is -0.481 e. The number of halogens is 1. The molecule has 0 aliphatic rings. The Morgan fingerprint density at radius 3 is 2.89 bits per heavy atom. The molecule has 0 saturated heterocycles. The highest BCUT2D eigenvalue weighted by Gasteiger charge is 2.16. The average Bonchev–Trinajstić information content (AvgIpc) is 2.90. The fraction of sp³-hybridized carbons (Fsp3) is 0.231. The smallest absolute Gasteiger partial charge is 0.305 e. The molecule has 0 aliphatic heterocycles. The first kappa shape index (κ1) is 14.2. The largest absolute Gasteiger partial charge is 0.481 e. The number of rotatable bonds is 6. The Bertz CT molecular complexity index is 528. The van der Waals surface area contributed by atoms with Crippen LogP contribution >= 0.6 is 27.3 Å². The molecule has 2 N–H and O–H groups in total. The molecular weight excluding hydrogens is 328 g/mol. The Balaban J connectivity index is 2.00. The minimum absolute atomic E-state index is 0.0665. The van der Waals surface area contributed by atoms with Crippen molar-refractivity contribution in [3.05, 3.63) is 50.9 Å². The van der Waals surface area contributed by atoms with Crippen molar-refractivity contribution in [2.45, 2.75) is 19.0 Å². The van der Waals surface area contributed by atoms with Crippen molar-refractivity contribution < 1.29 is 9.90 Å². The first-order chi connectivity index (χ1) is 9.15. The van der Waals surface area contributed by atoms with Crippen LogP contribution in [0.25, 0.3) is 0 Å². The van der Waals surface area contributed by atoms with Gasteiger partial charge < -0.3 is 10.4 Å². The fourth-order valence-electron chi connectivity index (χ4n) is 1.68. The standard InChI is InChI=1S/C13H13BrN2O2S/c14-9-3-4-10(15-7-9)8-16-11(6-13(17)18)12-2-1-5-19-12/h1-5,7,11,16H,6,8H2,(H,17,18). The molecule has 1 unspecified atom stereocenters. The van der Waals surface area contributed by atoms with Crippen LogP contribution in [0, 0.1) is 0 Å². The predicted molar refractivity (Wildman–Crippen MR) is 78.1 cm³/mol. The lowest BCUT2D eigenvalue weighted by molar-refractivity contribution is -0.137. The number of carboxylic acid groups (broad SMARTS) is 1. The molecule has 2 aromatic heterocycles. The van der Waals surface area contributed by atoms with E-state index >= 15 is 0 Å². The third-order valence-electron chi connectivity index (χ3n) is 2.58. The quantitative estimate of drug-likeness (QED) is 0.847. The molecule has 0 fully saturated rings. The summed E-state index contributed by atoms with van der Waals surface area (Å²) in [5.74, 6) is -0.810. The van der Waals surface area contributed by atoms with E-state index in [0.717, 1.165) is 15.0 Å². The van der Waals surface area contributed by atoms with Gasteiger partial charge in [0.25, 0.3) is 0 Å². The van der Waals surface area contributed by atoms with Gasteiger partial charge in [-0.1, -0.05) is 6.07 Å². The first-order valence-electron chi connectivity index (χ1n) is 5.74. The third kappa shape index (κ3) is 4.41. The molecule has 2 rings (SSSR count). The molecule has 0 amide bonds. The van der Waals surface area contributed by atoms with Crippen LogP contribution < -0.4 is 5.32 Å². The summed E-state index contributed by atoms with van der Waals surface area (Å²) in [5, 5.41) is 14.1. The van der Waals surface area contributed by atoms with Crippen molar-refractivity contribution in [2.24, 2.45) is 0 Å².